The molecule has 1 aromatic heterocycles. The van der Waals surface area contributed by atoms with Crippen LogP contribution in [0.2, 0.25) is 0 Å². The Hall–Kier alpha value is -2.11. The van der Waals surface area contributed by atoms with Crippen LogP contribution in [-0.2, 0) is 15.9 Å². The zero-order chi connectivity index (χ0) is 13.9. The fourth-order valence-corrected chi connectivity index (χ4v) is 1.59. The van der Waals surface area contributed by atoms with Gasteiger partial charge in [-0.25, -0.2) is 9.59 Å². The number of carbonyl (C=O) groups excluding carboxylic acids is 3. The summed E-state index contributed by atoms with van der Waals surface area (Å²) in [6.45, 7) is 2.97. The van der Waals surface area contributed by atoms with E-state index in [-0.39, 0.29) is 22.6 Å². The second kappa shape index (κ2) is 5.48. The summed E-state index contributed by atoms with van der Waals surface area (Å²) in [4.78, 5) is 34.8. The number of rotatable bonds is 4. The van der Waals surface area contributed by atoms with Crippen molar-refractivity contribution >= 4 is 17.7 Å². The highest BCUT2D eigenvalue weighted by Gasteiger charge is 2.32. The van der Waals surface area contributed by atoms with Crippen molar-refractivity contribution in [2.45, 2.75) is 20.3 Å². The van der Waals surface area contributed by atoms with Crippen LogP contribution in [0.25, 0.3) is 0 Å². The lowest BCUT2D eigenvalue weighted by molar-refractivity contribution is 0.0554. The zero-order valence-corrected chi connectivity index (χ0v) is 10.7. The summed E-state index contributed by atoms with van der Waals surface area (Å²) in [5.41, 5.74) is -0.217. The van der Waals surface area contributed by atoms with E-state index in [1.807, 2.05) is 0 Å². The maximum absolute atomic E-state index is 11.7. The van der Waals surface area contributed by atoms with Crippen LogP contribution >= 0.6 is 0 Å². The molecule has 0 unspecified atom stereocenters. The highest BCUT2D eigenvalue weighted by Crippen LogP contribution is 2.25. The maximum Gasteiger partial charge on any atom is 0.342 e. The fraction of sp³-hybridized carbons (Fsp3) is 0.417. The number of methoxy groups -OCH3 is 2. The molecule has 0 aromatic carbocycles. The van der Waals surface area contributed by atoms with Crippen LogP contribution in [0.5, 0.6) is 0 Å². The monoisotopic (exact) mass is 254 g/mol. The molecule has 98 valence electrons. The molecule has 0 saturated carbocycles. The maximum atomic E-state index is 11.7. The summed E-state index contributed by atoms with van der Waals surface area (Å²) in [6.07, 6.45) is 0.349. The molecule has 0 fully saturated rings. The molecule has 1 rings (SSSR count). The Labute approximate surface area is 104 Å². The van der Waals surface area contributed by atoms with Crippen molar-refractivity contribution in [2.75, 3.05) is 14.2 Å². The van der Waals surface area contributed by atoms with Gasteiger partial charge in [-0.15, -0.1) is 0 Å². The first-order valence-electron chi connectivity index (χ1n) is 5.31. The predicted octanol–water partition coefficient (Wildman–Crippen LogP) is 1.62. The van der Waals surface area contributed by atoms with Gasteiger partial charge in [-0.3, -0.25) is 4.79 Å². The van der Waals surface area contributed by atoms with E-state index in [1.54, 1.807) is 6.92 Å². The van der Waals surface area contributed by atoms with Crippen molar-refractivity contribution in [3.63, 3.8) is 0 Å². The number of carbonyl (C=O) groups is 3. The Kier molecular flexibility index (Phi) is 4.25. The number of Topliss-reactive ketones (excluding diaryl/α,β-unsaturated/α-hetero) is 1. The largest absolute Gasteiger partial charge is 0.465 e. The topological polar surface area (TPSA) is 82.8 Å². The quantitative estimate of drug-likeness (QED) is 0.599. The lowest BCUT2D eigenvalue weighted by Gasteiger charge is -2.02. The van der Waals surface area contributed by atoms with Gasteiger partial charge in [0.2, 0.25) is 0 Å². The minimum atomic E-state index is -0.802. The Morgan fingerprint density at radius 2 is 1.56 bits per heavy atom. The van der Waals surface area contributed by atoms with Crippen molar-refractivity contribution in [3.8, 4) is 0 Å². The van der Waals surface area contributed by atoms with Gasteiger partial charge in [0, 0.05) is 13.3 Å². The van der Waals surface area contributed by atoms with Gasteiger partial charge in [0.05, 0.1) is 14.2 Å². The molecule has 0 aliphatic carbocycles. The third-order valence-corrected chi connectivity index (χ3v) is 2.40. The van der Waals surface area contributed by atoms with E-state index in [4.69, 9.17) is 4.42 Å². The van der Waals surface area contributed by atoms with Gasteiger partial charge >= 0.3 is 11.9 Å². The number of ether oxygens (including phenoxy) is 2. The van der Waals surface area contributed by atoms with Gasteiger partial charge in [0.25, 0.3) is 0 Å². The van der Waals surface area contributed by atoms with E-state index in [0.29, 0.717) is 6.42 Å². The lowest BCUT2D eigenvalue weighted by atomic mass is 10.1. The van der Waals surface area contributed by atoms with E-state index in [0.717, 1.165) is 7.11 Å². The zero-order valence-electron chi connectivity index (χ0n) is 10.7. The molecule has 1 heterocycles. The second-order valence-corrected chi connectivity index (χ2v) is 3.50. The first-order valence-corrected chi connectivity index (χ1v) is 5.31. The van der Waals surface area contributed by atoms with Crippen LogP contribution in [-0.4, -0.2) is 31.9 Å². The fourth-order valence-electron chi connectivity index (χ4n) is 1.59. The van der Waals surface area contributed by atoms with Crippen LogP contribution in [0, 0.1) is 0 Å². The predicted molar refractivity (Wildman–Crippen MR) is 60.8 cm³/mol. The van der Waals surface area contributed by atoms with Crippen LogP contribution in [0.3, 0.4) is 0 Å². The molecule has 0 bridgehead atoms. The molecular weight excluding hydrogens is 240 g/mol. The SMILES string of the molecule is CCc1oc(C(C)=O)c(C(=O)OC)c1C(=O)OC. The summed E-state index contributed by atoms with van der Waals surface area (Å²) < 4.78 is 14.4. The molecule has 0 amide bonds. The smallest absolute Gasteiger partial charge is 0.342 e. The molecule has 0 N–H and O–H groups in total. The third-order valence-electron chi connectivity index (χ3n) is 2.40. The molecule has 0 saturated heterocycles. The summed E-state index contributed by atoms with van der Waals surface area (Å²) in [7, 11) is 2.34. The van der Waals surface area contributed by atoms with Crippen LogP contribution in [0.4, 0.5) is 0 Å². The number of ketones is 1. The van der Waals surface area contributed by atoms with Gasteiger partial charge in [0.15, 0.2) is 11.5 Å². The van der Waals surface area contributed by atoms with E-state index in [9.17, 15) is 14.4 Å². The molecule has 0 aliphatic heterocycles. The average molecular weight is 254 g/mol. The van der Waals surface area contributed by atoms with Crippen LogP contribution < -0.4 is 0 Å². The molecule has 1 aromatic rings. The van der Waals surface area contributed by atoms with E-state index < -0.39 is 17.7 Å². The summed E-state index contributed by atoms with van der Waals surface area (Å²) in [5.74, 6) is -1.95. The molecule has 0 atom stereocenters. The average Bonchev–Trinajstić information content (AvgIpc) is 2.76. The molecule has 6 heteroatoms. The van der Waals surface area contributed by atoms with Gasteiger partial charge in [0.1, 0.15) is 16.9 Å². The standard InChI is InChI=1S/C12H14O6/c1-5-7-8(11(14)16-3)9(12(15)17-4)10(18-7)6(2)13/h5H2,1-4H3. The Morgan fingerprint density at radius 3 is 1.94 bits per heavy atom. The van der Waals surface area contributed by atoms with Gasteiger partial charge in [-0.05, 0) is 0 Å². The first-order chi connectivity index (χ1) is 8.47. The third kappa shape index (κ3) is 2.27. The molecule has 0 aliphatic rings. The van der Waals surface area contributed by atoms with Crippen molar-refractivity contribution < 1.29 is 28.3 Å². The Morgan fingerprint density at radius 1 is 1.06 bits per heavy atom. The highest BCUT2D eigenvalue weighted by molar-refractivity contribution is 6.11. The Balaban J connectivity index is 3.58. The van der Waals surface area contributed by atoms with Gasteiger partial charge in [-0.1, -0.05) is 6.92 Å². The minimum Gasteiger partial charge on any atom is -0.465 e. The van der Waals surface area contributed by atoms with Gasteiger partial charge in [-0.2, -0.15) is 0 Å². The van der Waals surface area contributed by atoms with E-state index in [1.165, 1.54) is 14.0 Å². The number of furan rings is 1. The molecular formula is C12H14O6. The molecule has 0 radical (unpaired) electrons. The van der Waals surface area contributed by atoms with Crippen molar-refractivity contribution in [1.29, 1.82) is 0 Å². The molecule has 0 spiro atoms. The number of hydrogen-bond donors (Lipinski definition) is 0. The summed E-state index contributed by atoms with van der Waals surface area (Å²) >= 11 is 0. The van der Waals surface area contributed by atoms with Crippen molar-refractivity contribution in [3.05, 3.63) is 22.6 Å². The van der Waals surface area contributed by atoms with Crippen LogP contribution in [0.15, 0.2) is 4.42 Å². The number of hydrogen-bond acceptors (Lipinski definition) is 6. The first kappa shape index (κ1) is 14.0. The summed E-state index contributed by atoms with van der Waals surface area (Å²) in [5, 5.41) is 0. The molecule has 18 heavy (non-hydrogen) atoms. The molecule has 6 nitrogen and oxygen atoms in total. The number of aryl methyl sites for hydroxylation is 1. The van der Waals surface area contributed by atoms with Crippen molar-refractivity contribution in [2.24, 2.45) is 0 Å². The van der Waals surface area contributed by atoms with Crippen LogP contribution in [0.1, 0.15) is 50.9 Å². The normalized spacial score (nSPS) is 10.0. The van der Waals surface area contributed by atoms with Gasteiger partial charge < -0.3 is 13.9 Å². The summed E-state index contributed by atoms with van der Waals surface area (Å²) in [6, 6.07) is 0. The Bertz CT molecular complexity index is 497. The lowest BCUT2D eigenvalue weighted by Crippen LogP contribution is -2.13. The van der Waals surface area contributed by atoms with E-state index >= 15 is 0 Å². The highest BCUT2D eigenvalue weighted by atomic mass is 16.5. The van der Waals surface area contributed by atoms with Crippen molar-refractivity contribution in [1.82, 2.24) is 0 Å². The minimum absolute atomic E-state index is 0.0444. The second-order valence-electron chi connectivity index (χ2n) is 3.50. The number of esters is 2. The van der Waals surface area contributed by atoms with E-state index in [2.05, 4.69) is 9.47 Å².